The summed E-state index contributed by atoms with van der Waals surface area (Å²) in [6.45, 7) is 5.60. The van der Waals surface area contributed by atoms with Crippen LogP contribution in [0.15, 0.2) is 16.7 Å². The zero-order valence-electron chi connectivity index (χ0n) is 13.2. The highest BCUT2D eigenvalue weighted by Crippen LogP contribution is 2.22. The third kappa shape index (κ3) is 5.79. The van der Waals surface area contributed by atoms with Gasteiger partial charge < -0.3 is 15.4 Å². The standard InChI is InChI=1S/C15H23BrN4O2/c1-15(2,3)22-14(21)18-11-6-4-10(5-7-11)17-13-9-8-12(16)19-20-13/h8-11H,4-7H2,1-3H3,(H,17,20)(H,18,21)/t10-,11-. The van der Waals surface area contributed by atoms with Crippen LogP contribution < -0.4 is 10.6 Å². The topological polar surface area (TPSA) is 76.1 Å². The molecule has 0 aliphatic heterocycles. The third-order valence-corrected chi connectivity index (χ3v) is 3.85. The molecular weight excluding hydrogens is 348 g/mol. The van der Waals surface area contributed by atoms with Gasteiger partial charge in [-0.25, -0.2) is 4.79 Å². The van der Waals surface area contributed by atoms with E-state index in [0.29, 0.717) is 6.04 Å². The average molecular weight is 371 g/mol. The Morgan fingerprint density at radius 1 is 1.18 bits per heavy atom. The van der Waals surface area contributed by atoms with Crippen LogP contribution in [0.2, 0.25) is 0 Å². The van der Waals surface area contributed by atoms with Crippen LogP contribution in [0.5, 0.6) is 0 Å². The van der Waals surface area contributed by atoms with Crippen molar-refractivity contribution < 1.29 is 9.53 Å². The molecule has 2 N–H and O–H groups in total. The first-order valence-electron chi connectivity index (χ1n) is 7.57. The number of nitrogens with one attached hydrogen (secondary N) is 2. The summed E-state index contributed by atoms with van der Waals surface area (Å²) in [7, 11) is 0. The van der Waals surface area contributed by atoms with Crippen molar-refractivity contribution in [3.8, 4) is 0 Å². The Hall–Kier alpha value is -1.37. The second kappa shape index (κ2) is 7.26. The molecule has 1 aromatic rings. The number of alkyl carbamates (subject to hydrolysis) is 1. The zero-order chi connectivity index (χ0) is 16.2. The van der Waals surface area contributed by atoms with Gasteiger partial charge in [0.25, 0.3) is 0 Å². The molecule has 0 unspecified atom stereocenters. The number of hydrogen-bond acceptors (Lipinski definition) is 5. The van der Waals surface area contributed by atoms with Crippen molar-refractivity contribution in [2.75, 3.05) is 5.32 Å². The maximum atomic E-state index is 11.8. The van der Waals surface area contributed by atoms with Crippen LogP contribution in [0.25, 0.3) is 0 Å². The maximum absolute atomic E-state index is 11.8. The number of halogens is 1. The molecule has 2 rings (SSSR count). The van der Waals surface area contributed by atoms with Crippen molar-refractivity contribution in [2.45, 2.75) is 64.1 Å². The summed E-state index contributed by atoms with van der Waals surface area (Å²) in [5.41, 5.74) is -0.455. The predicted octanol–water partition coefficient (Wildman–Crippen LogP) is 3.49. The van der Waals surface area contributed by atoms with Gasteiger partial charge in [0.2, 0.25) is 0 Å². The first-order valence-corrected chi connectivity index (χ1v) is 8.36. The van der Waals surface area contributed by atoms with E-state index in [1.807, 2.05) is 32.9 Å². The largest absolute Gasteiger partial charge is 0.444 e. The lowest BCUT2D eigenvalue weighted by atomic mass is 9.91. The number of nitrogens with zero attached hydrogens (tertiary/aromatic N) is 2. The molecule has 0 saturated heterocycles. The summed E-state index contributed by atoms with van der Waals surface area (Å²) in [5, 5.41) is 14.4. The SMILES string of the molecule is CC(C)(C)OC(=O)N[C@H]1CC[C@H](Nc2ccc(Br)nn2)CC1. The van der Waals surface area contributed by atoms with E-state index in [1.165, 1.54) is 0 Å². The molecule has 1 aromatic heterocycles. The molecule has 1 amide bonds. The van der Waals surface area contributed by atoms with Crippen LogP contribution in [0.3, 0.4) is 0 Å². The summed E-state index contributed by atoms with van der Waals surface area (Å²) in [5.74, 6) is 0.784. The van der Waals surface area contributed by atoms with Crippen LogP contribution in [0.4, 0.5) is 10.6 Å². The molecule has 0 radical (unpaired) electrons. The highest BCUT2D eigenvalue weighted by Gasteiger charge is 2.24. The average Bonchev–Trinajstić information content (AvgIpc) is 2.41. The summed E-state index contributed by atoms with van der Waals surface area (Å²) in [4.78, 5) is 11.8. The van der Waals surface area contributed by atoms with Crippen molar-refractivity contribution in [3.05, 3.63) is 16.7 Å². The molecule has 0 spiro atoms. The van der Waals surface area contributed by atoms with E-state index in [-0.39, 0.29) is 12.1 Å². The molecule has 6 nitrogen and oxygen atoms in total. The third-order valence-electron chi connectivity index (χ3n) is 3.43. The van der Waals surface area contributed by atoms with Gasteiger partial charge in [-0.2, -0.15) is 0 Å². The molecule has 0 bridgehead atoms. The molecule has 1 saturated carbocycles. The van der Waals surface area contributed by atoms with Gasteiger partial charge in [-0.3, -0.25) is 0 Å². The van der Waals surface area contributed by atoms with Gasteiger partial charge in [-0.05, 0) is 74.5 Å². The first kappa shape index (κ1) is 17.0. The lowest BCUT2D eigenvalue weighted by Crippen LogP contribution is -2.42. The molecular formula is C15H23BrN4O2. The van der Waals surface area contributed by atoms with Crippen LogP contribution in [0, 0.1) is 0 Å². The lowest BCUT2D eigenvalue weighted by molar-refractivity contribution is 0.0492. The minimum Gasteiger partial charge on any atom is -0.444 e. The number of amides is 1. The Morgan fingerprint density at radius 3 is 2.36 bits per heavy atom. The number of aromatic nitrogens is 2. The lowest BCUT2D eigenvalue weighted by Gasteiger charge is -2.30. The molecule has 1 fully saturated rings. The van der Waals surface area contributed by atoms with Crippen molar-refractivity contribution in [2.24, 2.45) is 0 Å². The Balaban J connectivity index is 1.73. The van der Waals surface area contributed by atoms with E-state index in [0.717, 1.165) is 36.1 Å². The predicted molar refractivity (Wildman–Crippen MR) is 88.8 cm³/mol. The van der Waals surface area contributed by atoms with Gasteiger partial charge in [0.05, 0.1) is 0 Å². The molecule has 22 heavy (non-hydrogen) atoms. The number of rotatable bonds is 3. The van der Waals surface area contributed by atoms with E-state index >= 15 is 0 Å². The number of hydrogen-bond donors (Lipinski definition) is 2. The summed E-state index contributed by atoms with van der Waals surface area (Å²) >= 11 is 3.27. The maximum Gasteiger partial charge on any atom is 0.407 e. The number of carbonyl (C=O) groups is 1. The van der Waals surface area contributed by atoms with Gasteiger partial charge in [0.1, 0.15) is 16.0 Å². The minimum atomic E-state index is -0.455. The molecule has 122 valence electrons. The fraction of sp³-hybridized carbons (Fsp3) is 0.667. The fourth-order valence-corrected chi connectivity index (χ4v) is 2.67. The highest BCUT2D eigenvalue weighted by molar-refractivity contribution is 9.10. The Morgan fingerprint density at radius 2 is 1.82 bits per heavy atom. The van der Waals surface area contributed by atoms with Crippen LogP contribution in [-0.4, -0.2) is 34.0 Å². The van der Waals surface area contributed by atoms with E-state index < -0.39 is 5.60 Å². The first-order chi connectivity index (χ1) is 10.3. The van der Waals surface area contributed by atoms with Gasteiger partial charge in [0.15, 0.2) is 0 Å². The van der Waals surface area contributed by atoms with Crippen LogP contribution in [0.1, 0.15) is 46.5 Å². The van der Waals surface area contributed by atoms with E-state index in [2.05, 4.69) is 36.8 Å². The zero-order valence-corrected chi connectivity index (χ0v) is 14.8. The molecule has 1 aliphatic carbocycles. The molecule has 7 heteroatoms. The van der Waals surface area contributed by atoms with Gasteiger partial charge in [-0.1, -0.05) is 0 Å². The Bertz CT molecular complexity index is 493. The van der Waals surface area contributed by atoms with E-state index in [1.54, 1.807) is 0 Å². The van der Waals surface area contributed by atoms with Crippen LogP contribution >= 0.6 is 15.9 Å². The fourth-order valence-electron chi connectivity index (χ4n) is 2.46. The normalized spacial score (nSPS) is 22.0. The summed E-state index contributed by atoms with van der Waals surface area (Å²) < 4.78 is 6.01. The van der Waals surface area contributed by atoms with Crippen LogP contribution in [-0.2, 0) is 4.74 Å². The Labute approximate surface area is 139 Å². The molecule has 0 atom stereocenters. The van der Waals surface area contributed by atoms with E-state index in [4.69, 9.17) is 4.74 Å². The summed E-state index contributed by atoms with van der Waals surface area (Å²) in [6, 6.07) is 4.32. The highest BCUT2D eigenvalue weighted by atomic mass is 79.9. The van der Waals surface area contributed by atoms with Gasteiger partial charge >= 0.3 is 6.09 Å². The van der Waals surface area contributed by atoms with Gasteiger partial charge in [-0.15, -0.1) is 10.2 Å². The minimum absolute atomic E-state index is 0.184. The molecule has 1 heterocycles. The van der Waals surface area contributed by atoms with E-state index in [9.17, 15) is 4.79 Å². The molecule has 0 aromatic carbocycles. The number of anilines is 1. The second-order valence-corrected chi connectivity index (χ2v) is 7.39. The number of ether oxygens (including phenoxy) is 1. The van der Waals surface area contributed by atoms with Crippen molar-refractivity contribution in [1.82, 2.24) is 15.5 Å². The van der Waals surface area contributed by atoms with Crippen molar-refractivity contribution in [3.63, 3.8) is 0 Å². The Kier molecular flexibility index (Phi) is 5.61. The second-order valence-electron chi connectivity index (χ2n) is 6.58. The van der Waals surface area contributed by atoms with Crippen molar-refractivity contribution in [1.29, 1.82) is 0 Å². The number of carbonyl (C=O) groups excluding carboxylic acids is 1. The summed E-state index contributed by atoms with van der Waals surface area (Å²) in [6.07, 6.45) is 3.50. The van der Waals surface area contributed by atoms with Crippen molar-refractivity contribution >= 4 is 27.8 Å². The smallest absolute Gasteiger partial charge is 0.407 e. The molecule has 1 aliphatic rings. The quantitative estimate of drug-likeness (QED) is 0.851. The monoisotopic (exact) mass is 370 g/mol. The van der Waals surface area contributed by atoms with Gasteiger partial charge in [0, 0.05) is 12.1 Å².